The number of nitrogens with zero attached hydrogens (tertiary/aromatic N) is 1. The lowest BCUT2D eigenvalue weighted by Gasteiger charge is -2.27. The van der Waals surface area contributed by atoms with E-state index in [1.54, 1.807) is 0 Å². The van der Waals surface area contributed by atoms with Crippen molar-refractivity contribution >= 4 is 5.91 Å². The summed E-state index contributed by atoms with van der Waals surface area (Å²) in [6.45, 7) is 1.57. The number of nitrogens with one attached hydrogen (secondary N) is 1. The second-order valence-corrected chi connectivity index (χ2v) is 3.88. The molecule has 0 aliphatic carbocycles. The Kier molecular flexibility index (Phi) is 7.13. The fraction of sp³-hybridized carbons (Fsp3) is 0.900. The van der Waals surface area contributed by atoms with Crippen LogP contribution in [-0.4, -0.2) is 50.2 Å². The number of alkyl halides is 3. The number of carbonyl (C=O) groups is 1. The van der Waals surface area contributed by atoms with Crippen molar-refractivity contribution in [1.29, 1.82) is 0 Å². The molecule has 7 heteroatoms. The molecule has 1 unspecified atom stereocenters. The molecule has 0 bridgehead atoms. The molecule has 0 saturated heterocycles. The molecule has 17 heavy (non-hydrogen) atoms. The van der Waals surface area contributed by atoms with E-state index in [1.165, 1.54) is 11.9 Å². The number of likely N-dealkylation sites (N-methyl/N-ethyl adjacent to an activating group) is 1. The number of hydrogen-bond acceptors (Lipinski definition) is 3. The summed E-state index contributed by atoms with van der Waals surface area (Å²) >= 11 is 0. The van der Waals surface area contributed by atoms with Crippen molar-refractivity contribution < 1.29 is 18.0 Å². The maximum atomic E-state index is 12.5. The van der Waals surface area contributed by atoms with Gasteiger partial charge in [-0.15, -0.1) is 0 Å². The van der Waals surface area contributed by atoms with Crippen LogP contribution >= 0.6 is 0 Å². The summed E-state index contributed by atoms with van der Waals surface area (Å²) in [7, 11) is 1.45. The molecular weight excluding hydrogens is 235 g/mol. The molecule has 0 aliphatic heterocycles. The lowest BCUT2D eigenvalue weighted by atomic mass is 10.1. The van der Waals surface area contributed by atoms with E-state index in [1.807, 2.05) is 6.92 Å². The van der Waals surface area contributed by atoms with Gasteiger partial charge >= 0.3 is 6.18 Å². The standard InChI is InChI=1S/C10H20F3N3O/c1-3-4-16(7-9(17)15-2)6-8(5-14)10(11,12)13/h8H,3-7,14H2,1-2H3,(H,15,17). The molecule has 0 heterocycles. The molecule has 0 aliphatic rings. The highest BCUT2D eigenvalue weighted by Crippen LogP contribution is 2.26. The molecule has 1 atom stereocenters. The molecule has 0 aromatic rings. The van der Waals surface area contributed by atoms with E-state index < -0.39 is 18.6 Å². The predicted octanol–water partition coefficient (Wildman–Crippen LogP) is 0.582. The highest BCUT2D eigenvalue weighted by Gasteiger charge is 2.39. The van der Waals surface area contributed by atoms with Gasteiger partial charge < -0.3 is 11.1 Å². The van der Waals surface area contributed by atoms with Crippen LogP contribution in [0.1, 0.15) is 13.3 Å². The van der Waals surface area contributed by atoms with Crippen LogP contribution in [-0.2, 0) is 4.79 Å². The Morgan fingerprint density at radius 3 is 2.41 bits per heavy atom. The van der Waals surface area contributed by atoms with Gasteiger partial charge in [0.1, 0.15) is 0 Å². The minimum atomic E-state index is -4.32. The minimum Gasteiger partial charge on any atom is -0.358 e. The van der Waals surface area contributed by atoms with Crippen LogP contribution in [0.4, 0.5) is 13.2 Å². The van der Waals surface area contributed by atoms with Crippen LogP contribution in [0.2, 0.25) is 0 Å². The van der Waals surface area contributed by atoms with Crippen LogP contribution in [0.25, 0.3) is 0 Å². The summed E-state index contributed by atoms with van der Waals surface area (Å²) in [6.07, 6.45) is -3.63. The summed E-state index contributed by atoms with van der Waals surface area (Å²) in [4.78, 5) is 12.6. The van der Waals surface area contributed by atoms with Crippen molar-refractivity contribution in [2.75, 3.05) is 33.2 Å². The number of hydrogen-bond donors (Lipinski definition) is 2. The van der Waals surface area contributed by atoms with Crippen molar-refractivity contribution in [3.05, 3.63) is 0 Å². The van der Waals surface area contributed by atoms with E-state index in [-0.39, 0.29) is 19.0 Å². The monoisotopic (exact) mass is 255 g/mol. The first-order chi connectivity index (χ1) is 7.85. The SMILES string of the molecule is CCCN(CC(=O)NC)CC(CN)C(F)(F)F. The van der Waals surface area contributed by atoms with Gasteiger partial charge in [0.05, 0.1) is 12.5 Å². The molecule has 0 aromatic heterocycles. The Bertz CT molecular complexity index is 233. The van der Waals surface area contributed by atoms with E-state index in [2.05, 4.69) is 5.32 Å². The molecule has 0 radical (unpaired) electrons. The minimum absolute atomic E-state index is 0.0308. The average Bonchev–Trinajstić information content (AvgIpc) is 2.23. The van der Waals surface area contributed by atoms with Gasteiger partial charge in [0.25, 0.3) is 0 Å². The first-order valence-electron chi connectivity index (χ1n) is 5.54. The fourth-order valence-electron chi connectivity index (χ4n) is 1.46. The van der Waals surface area contributed by atoms with E-state index in [4.69, 9.17) is 5.73 Å². The highest BCUT2D eigenvalue weighted by molar-refractivity contribution is 5.77. The van der Waals surface area contributed by atoms with Crippen LogP contribution in [0.5, 0.6) is 0 Å². The molecule has 0 spiro atoms. The molecule has 102 valence electrons. The van der Waals surface area contributed by atoms with Gasteiger partial charge in [0, 0.05) is 20.1 Å². The van der Waals surface area contributed by atoms with Gasteiger partial charge in [-0.2, -0.15) is 13.2 Å². The molecule has 1 amide bonds. The first kappa shape index (κ1) is 16.2. The Hall–Kier alpha value is -0.820. The lowest BCUT2D eigenvalue weighted by Crippen LogP contribution is -2.44. The molecule has 0 saturated carbocycles. The average molecular weight is 255 g/mol. The molecule has 3 N–H and O–H groups in total. The zero-order valence-corrected chi connectivity index (χ0v) is 10.2. The zero-order valence-electron chi connectivity index (χ0n) is 10.2. The van der Waals surface area contributed by atoms with E-state index >= 15 is 0 Å². The fourth-order valence-corrected chi connectivity index (χ4v) is 1.46. The Morgan fingerprint density at radius 1 is 1.47 bits per heavy atom. The van der Waals surface area contributed by atoms with Crippen LogP contribution < -0.4 is 11.1 Å². The summed E-state index contributed by atoms with van der Waals surface area (Å²) in [6, 6.07) is 0. The number of carbonyl (C=O) groups excluding carboxylic acids is 1. The predicted molar refractivity (Wildman–Crippen MR) is 59.4 cm³/mol. The summed E-state index contributed by atoms with van der Waals surface area (Å²) in [5.74, 6) is -1.88. The van der Waals surface area contributed by atoms with Crippen LogP contribution in [0.3, 0.4) is 0 Å². The first-order valence-corrected chi connectivity index (χ1v) is 5.54. The van der Waals surface area contributed by atoms with Gasteiger partial charge in [-0.25, -0.2) is 0 Å². The zero-order chi connectivity index (χ0) is 13.5. The highest BCUT2D eigenvalue weighted by atomic mass is 19.4. The second-order valence-electron chi connectivity index (χ2n) is 3.88. The van der Waals surface area contributed by atoms with E-state index in [9.17, 15) is 18.0 Å². The molecule has 0 rings (SSSR count). The molecular formula is C10H20F3N3O. The number of nitrogens with two attached hydrogens (primary N) is 1. The maximum Gasteiger partial charge on any atom is 0.394 e. The van der Waals surface area contributed by atoms with Crippen molar-refractivity contribution in [1.82, 2.24) is 10.2 Å². The third kappa shape index (κ3) is 6.48. The number of halogens is 3. The normalized spacial score (nSPS) is 13.8. The van der Waals surface area contributed by atoms with Gasteiger partial charge in [0.2, 0.25) is 5.91 Å². The van der Waals surface area contributed by atoms with Crippen molar-refractivity contribution in [3.8, 4) is 0 Å². The second kappa shape index (κ2) is 7.50. The van der Waals surface area contributed by atoms with Crippen molar-refractivity contribution in [2.45, 2.75) is 19.5 Å². The Morgan fingerprint density at radius 2 is 2.06 bits per heavy atom. The largest absolute Gasteiger partial charge is 0.394 e. The molecule has 0 aromatic carbocycles. The Labute approximate surface area is 99.3 Å². The Balaban J connectivity index is 4.45. The molecule has 4 nitrogen and oxygen atoms in total. The topological polar surface area (TPSA) is 58.4 Å². The quantitative estimate of drug-likeness (QED) is 0.699. The lowest BCUT2D eigenvalue weighted by molar-refractivity contribution is -0.176. The smallest absolute Gasteiger partial charge is 0.358 e. The van der Waals surface area contributed by atoms with Crippen molar-refractivity contribution in [3.63, 3.8) is 0 Å². The van der Waals surface area contributed by atoms with Gasteiger partial charge in [0.15, 0.2) is 0 Å². The maximum absolute atomic E-state index is 12.5. The van der Waals surface area contributed by atoms with E-state index in [0.29, 0.717) is 13.0 Å². The number of amides is 1. The van der Waals surface area contributed by atoms with Crippen LogP contribution in [0, 0.1) is 5.92 Å². The van der Waals surface area contributed by atoms with Crippen molar-refractivity contribution in [2.24, 2.45) is 11.7 Å². The van der Waals surface area contributed by atoms with E-state index in [0.717, 1.165) is 0 Å². The third-order valence-corrected chi connectivity index (χ3v) is 2.41. The van der Waals surface area contributed by atoms with Gasteiger partial charge in [-0.1, -0.05) is 6.92 Å². The van der Waals surface area contributed by atoms with Crippen LogP contribution in [0.15, 0.2) is 0 Å². The summed E-state index contributed by atoms with van der Waals surface area (Å²) < 4.78 is 37.6. The number of rotatable bonds is 7. The summed E-state index contributed by atoms with van der Waals surface area (Å²) in [5.41, 5.74) is 5.12. The third-order valence-electron chi connectivity index (χ3n) is 2.41. The summed E-state index contributed by atoms with van der Waals surface area (Å²) in [5, 5.41) is 2.39. The molecule has 0 fully saturated rings. The van der Waals surface area contributed by atoms with Gasteiger partial charge in [-0.3, -0.25) is 9.69 Å². The van der Waals surface area contributed by atoms with Gasteiger partial charge in [-0.05, 0) is 13.0 Å².